The number of rotatable bonds is 3. The molecule has 1 fully saturated rings. The number of H-pyrrole nitrogens is 1. The van der Waals surface area contributed by atoms with E-state index in [1.165, 1.54) is 12.8 Å². The summed E-state index contributed by atoms with van der Waals surface area (Å²) in [6.45, 7) is 3.30. The second-order valence-electron chi connectivity index (χ2n) is 4.65. The molecular weight excluding hydrogens is 228 g/mol. The summed E-state index contributed by atoms with van der Waals surface area (Å²) >= 11 is 0. The van der Waals surface area contributed by atoms with Crippen LogP contribution in [0.25, 0.3) is 11.0 Å². The predicted octanol–water partition coefficient (Wildman–Crippen LogP) is 1.77. The molecule has 0 bridgehead atoms. The SMILES string of the molecule is CCC1CCCN1c1nc(NC)nc2[nH]ncc12. The molecule has 0 amide bonds. The van der Waals surface area contributed by atoms with Crippen molar-refractivity contribution in [1.82, 2.24) is 20.2 Å². The predicted molar refractivity (Wildman–Crippen MR) is 71.9 cm³/mol. The van der Waals surface area contributed by atoms with Gasteiger partial charge in [0.1, 0.15) is 5.82 Å². The molecule has 0 spiro atoms. The monoisotopic (exact) mass is 246 g/mol. The van der Waals surface area contributed by atoms with Crippen LogP contribution in [0.5, 0.6) is 0 Å². The van der Waals surface area contributed by atoms with Gasteiger partial charge in [-0.3, -0.25) is 5.10 Å². The number of fused-ring (bicyclic) bond motifs is 1. The van der Waals surface area contributed by atoms with Crippen molar-refractivity contribution in [2.24, 2.45) is 0 Å². The first-order valence-corrected chi connectivity index (χ1v) is 6.49. The van der Waals surface area contributed by atoms with Gasteiger partial charge in [0, 0.05) is 19.6 Å². The Labute approximate surface area is 106 Å². The average Bonchev–Trinajstić information content (AvgIpc) is 3.05. The van der Waals surface area contributed by atoms with Crippen molar-refractivity contribution in [2.75, 3.05) is 23.8 Å². The molecule has 3 rings (SSSR count). The van der Waals surface area contributed by atoms with Crippen LogP contribution >= 0.6 is 0 Å². The number of nitrogens with zero attached hydrogens (tertiary/aromatic N) is 4. The molecule has 3 heterocycles. The van der Waals surface area contributed by atoms with Crippen LogP contribution < -0.4 is 10.2 Å². The van der Waals surface area contributed by atoms with Crippen LogP contribution in [0.1, 0.15) is 26.2 Å². The molecule has 2 aromatic heterocycles. The highest BCUT2D eigenvalue weighted by molar-refractivity contribution is 5.87. The molecule has 6 heteroatoms. The third-order valence-corrected chi connectivity index (χ3v) is 3.63. The van der Waals surface area contributed by atoms with Crippen molar-refractivity contribution < 1.29 is 0 Å². The van der Waals surface area contributed by atoms with E-state index in [0.717, 1.165) is 29.8 Å². The minimum atomic E-state index is 0.586. The topological polar surface area (TPSA) is 69.7 Å². The van der Waals surface area contributed by atoms with Crippen molar-refractivity contribution in [3.05, 3.63) is 6.20 Å². The van der Waals surface area contributed by atoms with Crippen molar-refractivity contribution in [3.63, 3.8) is 0 Å². The molecule has 0 radical (unpaired) electrons. The molecule has 0 aromatic carbocycles. The van der Waals surface area contributed by atoms with Gasteiger partial charge in [-0.05, 0) is 19.3 Å². The maximum atomic E-state index is 4.62. The molecule has 1 aliphatic heterocycles. The van der Waals surface area contributed by atoms with Gasteiger partial charge in [-0.2, -0.15) is 15.1 Å². The van der Waals surface area contributed by atoms with Crippen LogP contribution in [0.2, 0.25) is 0 Å². The van der Waals surface area contributed by atoms with Gasteiger partial charge in [-0.1, -0.05) is 6.92 Å². The quantitative estimate of drug-likeness (QED) is 0.863. The zero-order valence-corrected chi connectivity index (χ0v) is 10.8. The number of aromatic amines is 1. The largest absolute Gasteiger partial charge is 0.357 e. The van der Waals surface area contributed by atoms with Crippen molar-refractivity contribution in [2.45, 2.75) is 32.2 Å². The first-order valence-electron chi connectivity index (χ1n) is 6.49. The zero-order chi connectivity index (χ0) is 12.5. The van der Waals surface area contributed by atoms with E-state index < -0.39 is 0 Å². The van der Waals surface area contributed by atoms with Gasteiger partial charge in [-0.15, -0.1) is 0 Å². The van der Waals surface area contributed by atoms with E-state index in [2.05, 4.69) is 37.3 Å². The lowest BCUT2D eigenvalue weighted by atomic mass is 10.1. The van der Waals surface area contributed by atoms with E-state index in [1.807, 2.05) is 13.2 Å². The van der Waals surface area contributed by atoms with E-state index >= 15 is 0 Å². The average molecular weight is 246 g/mol. The third kappa shape index (κ3) is 1.68. The van der Waals surface area contributed by atoms with Crippen LogP contribution in [-0.2, 0) is 0 Å². The first-order chi connectivity index (χ1) is 8.83. The molecule has 0 saturated carbocycles. The van der Waals surface area contributed by atoms with Crippen LogP contribution in [0.15, 0.2) is 6.20 Å². The van der Waals surface area contributed by atoms with Gasteiger partial charge < -0.3 is 10.2 Å². The molecule has 2 aromatic rings. The normalized spacial score (nSPS) is 19.7. The van der Waals surface area contributed by atoms with E-state index in [0.29, 0.717) is 12.0 Å². The highest BCUT2D eigenvalue weighted by Gasteiger charge is 2.26. The summed E-state index contributed by atoms with van der Waals surface area (Å²) in [5.41, 5.74) is 0.797. The van der Waals surface area contributed by atoms with Crippen LogP contribution in [0.4, 0.5) is 11.8 Å². The second-order valence-corrected chi connectivity index (χ2v) is 4.65. The summed E-state index contributed by atoms with van der Waals surface area (Å²) in [4.78, 5) is 11.4. The summed E-state index contributed by atoms with van der Waals surface area (Å²) in [7, 11) is 1.84. The molecule has 6 nitrogen and oxygen atoms in total. The molecule has 96 valence electrons. The van der Waals surface area contributed by atoms with Crippen molar-refractivity contribution in [1.29, 1.82) is 0 Å². The Morgan fingerprint density at radius 3 is 3.17 bits per heavy atom. The Balaban J connectivity index is 2.11. The third-order valence-electron chi connectivity index (χ3n) is 3.63. The van der Waals surface area contributed by atoms with Crippen LogP contribution in [-0.4, -0.2) is 39.8 Å². The summed E-state index contributed by atoms with van der Waals surface area (Å²) < 4.78 is 0. The molecule has 1 unspecified atom stereocenters. The van der Waals surface area contributed by atoms with Gasteiger partial charge in [-0.25, -0.2) is 0 Å². The van der Waals surface area contributed by atoms with Gasteiger partial charge in [0.25, 0.3) is 0 Å². The van der Waals surface area contributed by atoms with Gasteiger partial charge in [0.05, 0.1) is 11.6 Å². The number of anilines is 2. The summed E-state index contributed by atoms with van der Waals surface area (Å²) in [5, 5.41) is 11.0. The summed E-state index contributed by atoms with van der Waals surface area (Å²) in [6, 6.07) is 0.586. The Bertz CT molecular complexity index is 548. The fraction of sp³-hybridized carbons (Fsp3) is 0.583. The van der Waals surface area contributed by atoms with Crippen LogP contribution in [0, 0.1) is 0 Å². The van der Waals surface area contributed by atoms with E-state index in [4.69, 9.17) is 0 Å². The smallest absolute Gasteiger partial charge is 0.226 e. The lowest BCUT2D eigenvalue weighted by Crippen LogP contribution is -2.29. The maximum Gasteiger partial charge on any atom is 0.226 e. The van der Waals surface area contributed by atoms with E-state index in [1.54, 1.807) is 0 Å². The van der Waals surface area contributed by atoms with Crippen LogP contribution in [0.3, 0.4) is 0 Å². The Morgan fingerprint density at radius 2 is 2.39 bits per heavy atom. The standard InChI is InChI=1S/C12H18N6/c1-3-8-5-4-6-18(8)11-9-7-14-17-10(9)15-12(13-2)16-11/h7-8H,3-6H2,1-2H3,(H2,13,14,15,16,17). The van der Waals surface area contributed by atoms with Gasteiger partial charge >= 0.3 is 0 Å². The number of nitrogens with one attached hydrogen (secondary N) is 2. The summed E-state index contributed by atoms with van der Waals surface area (Å²) in [6.07, 6.45) is 5.44. The number of hydrogen-bond acceptors (Lipinski definition) is 5. The van der Waals surface area contributed by atoms with Gasteiger partial charge in [0.2, 0.25) is 5.95 Å². The number of aromatic nitrogens is 4. The fourth-order valence-corrected chi connectivity index (χ4v) is 2.69. The highest BCUT2D eigenvalue weighted by Crippen LogP contribution is 2.31. The second kappa shape index (κ2) is 4.44. The molecule has 0 aliphatic carbocycles. The summed E-state index contributed by atoms with van der Waals surface area (Å²) in [5.74, 6) is 1.64. The molecule has 2 N–H and O–H groups in total. The Hall–Kier alpha value is -1.85. The lowest BCUT2D eigenvalue weighted by Gasteiger charge is -2.25. The Morgan fingerprint density at radius 1 is 1.50 bits per heavy atom. The minimum Gasteiger partial charge on any atom is -0.357 e. The van der Waals surface area contributed by atoms with Gasteiger partial charge in [0.15, 0.2) is 5.65 Å². The minimum absolute atomic E-state index is 0.586. The number of hydrogen-bond donors (Lipinski definition) is 2. The zero-order valence-electron chi connectivity index (χ0n) is 10.8. The van der Waals surface area contributed by atoms with Crippen molar-refractivity contribution >= 4 is 22.8 Å². The molecule has 1 saturated heterocycles. The molecule has 1 aliphatic rings. The van der Waals surface area contributed by atoms with E-state index in [-0.39, 0.29) is 0 Å². The fourth-order valence-electron chi connectivity index (χ4n) is 2.69. The highest BCUT2D eigenvalue weighted by atomic mass is 15.3. The molecule has 18 heavy (non-hydrogen) atoms. The van der Waals surface area contributed by atoms with E-state index in [9.17, 15) is 0 Å². The Kier molecular flexibility index (Phi) is 2.77. The first kappa shape index (κ1) is 11.3. The molecule has 1 atom stereocenters. The maximum absolute atomic E-state index is 4.62. The molecular formula is C12H18N6. The van der Waals surface area contributed by atoms with Crippen molar-refractivity contribution in [3.8, 4) is 0 Å². The lowest BCUT2D eigenvalue weighted by molar-refractivity contribution is 0.642.